The summed E-state index contributed by atoms with van der Waals surface area (Å²) in [5, 5.41) is 10.6. The van der Waals surface area contributed by atoms with Crippen molar-refractivity contribution in [2.45, 2.75) is 19.3 Å². The minimum atomic E-state index is -0.259. The number of nitrogens with zero attached hydrogens (tertiary/aromatic N) is 4. The molecule has 0 aliphatic carbocycles. The maximum atomic E-state index is 13.1. The van der Waals surface area contributed by atoms with Gasteiger partial charge in [0.1, 0.15) is 5.01 Å². The third kappa shape index (κ3) is 3.21. The van der Waals surface area contributed by atoms with E-state index in [2.05, 4.69) is 15.1 Å². The fourth-order valence-electron chi connectivity index (χ4n) is 4.02. The summed E-state index contributed by atoms with van der Waals surface area (Å²) in [6.07, 6.45) is 2.93. The number of hydrogen-bond acceptors (Lipinski definition) is 6. The number of amides is 1. The summed E-state index contributed by atoms with van der Waals surface area (Å²) in [5.41, 5.74) is 0.828. The van der Waals surface area contributed by atoms with Crippen LogP contribution < -0.4 is 4.90 Å². The standard InChI is InChI=1S/C19H24N4O2S/c1-25-13-12-22-10-5-8-19(17(22)24)9-11-23(14-19)18-21-20-16(26-18)15-6-3-2-4-7-15/h2-4,6-7H,5,8-14H2,1H3/t19-/m1/s1. The van der Waals surface area contributed by atoms with E-state index in [0.717, 1.165) is 54.6 Å². The van der Waals surface area contributed by atoms with Gasteiger partial charge in [-0.15, -0.1) is 10.2 Å². The minimum absolute atomic E-state index is 0.259. The maximum Gasteiger partial charge on any atom is 0.230 e. The Bertz CT molecular complexity index is 766. The number of piperidine rings is 1. The lowest BCUT2D eigenvalue weighted by Crippen LogP contribution is -2.50. The van der Waals surface area contributed by atoms with Crippen LogP contribution in [0.4, 0.5) is 5.13 Å². The number of carbonyl (C=O) groups is 1. The quantitative estimate of drug-likeness (QED) is 0.808. The summed E-state index contributed by atoms with van der Waals surface area (Å²) in [6, 6.07) is 10.1. The summed E-state index contributed by atoms with van der Waals surface area (Å²) in [4.78, 5) is 17.3. The van der Waals surface area contributed by atoms with E-state index >= 15 is 0 Å². The summed E-state index contributed by atoms with van der Waals surface area (Å²) < 4.78 is 5.16. The zero-order chi connectivity index (χ0) is 18.0. The monoisotopic (exact) mass is 372 g/mol. The number of methoxy groups -OCH3 is 1. The first kappa shape index (κ1) is 17.4. The van der Waals surface area contributed by atoms with Crippen LogP contribution in [0.3, 0.4) is 0 Å². The van der Waals surface area contributed by atoms with E-state index in [1.165, 1.54) is 0 Å². The SMILES string of the molecule is COCCN1CCC[C@]2(CCN(c3nnc(-c4ccccc4)s3)C2)C1=O. The first-order valence-electron chi connectivity index (χ1n) is 9.14. The minimum Gasteiger partial charge on any atom is -0.383 e. The molecule has 1 amide bonds. The molecular formula is C19H24N4O2S. The van der Waals surface area contributed by atoms with E-state index in [1.54, 1.807) is 18.4 Å². The second-order valence-corrected chi connectivity index (χ2v) is 8.05. The number of anilines is 1. The average Bonchev–Trinajstić information content (AvgIpc) is 3.32. The van der Waals surface area contributed by atoms with Gasteiger partial charge in [-0.1, -0.05) is 41.7 Å². The van der Waals surface area contributed by atoms with Gasteiger partial charge in [-0.3, -0.25) is 4.79 Å². The van der Waals surface area contributed by atoms with E-state index in [4.69, 9.17) is 4.74 Å². The van der Waals surface area contributed by atoms with Gasteiger partial charge in [0.05, 0.1) is 12.0 Å². The fourth-order valence-corrected chi connectivity index (χ4v) is 4.90. The lowest BCUT2D eigenvalue weighted by Gasteiger charge is -2.39. The molecule has 2 aromatic rings. The molecule has 1 aromatic carbocycles. The van der Waals surface area contributed by atoms with Crippen molar-refractivity contribution in [3.63, 3.8) is 0 Å². The number of rotatable bonds is 5. The van der Waals surface area contributed by atoms with Crippen LogP contribution in [0.5, 0.6) is 0 Å². The molecule has 2 fully saturated rings. The van der Waals surface area contributed by atoms with Gasteiger partial charge in [0, 0.05) is 38.9 Å². The molecule has 6 nitrogen and oxygen atoms in total. The van der Waals surface area contributed by atoms with Gasteiger partial charge in [-0.05, 0) is 19.3 Å². The van der Waals surface area contributed by atoms with Gasteiger partial charge in [0.25, 0.3) is 0 Å². The van der Waals surface area contributed by atoms with Gasteiger partial charge >= 0.3 is 0 Å². The van der Waals surface area contributed by atoms with Crippen LogP contribution in [0.15, 0.2) is 30.3 Å². The Hall–Kier alpha value is -1.99. The number of aromatic nitrogens is 2. The van der Waals surface area contributed by atoms with Crippen molar-refractivity contribution in [1.82, 2.24) is 15.1 Å². The topological polar surface area (TPSA) is 58.6 Å². The first-order chi connectivity index (χ1) is 12.7. The highest BCUT2D eigenvalue weighted by Crippen LogP contribution is 2.42. The summed E-state index contributed by atoms with van der Waals surface area (Å²) in [7, 11) is 1.68. The van der Waals surface area contributed by atoms with Crippen LogP contribution in [0, 0.1) is 5.41 Å². The molecule has 0 saturated carbocycles. The summed E-state index contributed by atoms with van der Waals surface area (Å²) in [6.45, 7) is 3.75. The zero-order valence-electron chi connectivity index (χ0n) is 15.1. The molecule has 0 N–H and O–H groups in total. The molecule has 7 heteroatoms. The van der Waals surface area contributed by atoms with Gasteiger partial charge in [0.15, 0.2) is 0 Å². The highest BCUT2D eigenvalue weighted by molar-refractivity contribution is 7.18. The van der Waals surface area contributed by atoms with E-state index in [0.29, 0.717) is 13.2 Å². The Morgan fingerprint density at radius 1 is 1.19 bits per heavy atom. The molecule has 1 spiro atoms. The van der Waals surface area contributed by atoms with E-state index in [-0.39, 0.29) is 11.3 Å². The molecule has 3 heterocycles. The van der Waals surface area contributed by atoms with Crippen LogP contribution >= 0.6 is 11.3 Å². The predicted molar refractivity (Wildman–Crippen MR) is 102 cm³/mol. The highest BCUT2D eigenvalue weighted by atomic mass is 32.1. The van der Waals surface area contributed by atoms with Gasteiger partial charge < -0.3 is 14.5 Å². The van der Waals surface area contributed by atoms with Crippen LogP contribution in [0.25, 0.3) is 10.6 Å². The second-order valence-electron chi connectivity index (χ2n) is 7.10. The smallest absolute Gasteiger partial charge is 0.230 e. The molecule has 0 radical (unpaired) electrons. The van der Waals surface area contributed by atoms with Crippen molar-refractivity contribution in [2.75, 3.05) is 44.8 Å². The van der Waals surface area contributed by atoms with Crippen molar-refractivity contribution in [2.24, 2.45) is 5.41 Å². The average molecular weight is 372 g/mol. The van der Waals surface area contributed by atoms with Crippen molar-refractivity contribution in [3.05, 3.63) is 30.3 Å². The van der Waals surface area contributed by atoms with E-state index in [9.17, 15) is 4.79 Å². The Morgan fingerprint density at radius 3 is 2.85 bits per heavy atom. The maximum absolute atomic E-state index is 13.1. The second kappa shape index (κ2) is 7.32. The first-order valence-corrected chi connectivity index (χ1v) is 9.96. The van der Waals surface area contributed by atoms with Crippen LogP contribution in [-0.2, 0) is 9.53 Å². The number of hydrogen-bond donors (Lipinski definition) is 0. The van der Waals surface area contributed by atoms with Crippen molar-refractivity contribution in [3.8, 4) is 10.6 Å². The van der Waals surface area contributed by atoms with Gasteiger partial charge in [0.2, 0.25) is 11.0 Å². The fraction of sp³-hybridized carbons (Fsp3) is 0.526. The largest absolute Gasteiger partial charge is 0.383 e. The van der Waals surface area contributed by atoms with Crippen LogP contribution in [0.2, 0.25) is 0 Å². The molecule has 0 unspecified atom stereocenters. The zero-order valence-corrected chi connectivity index (χ0v) is 15.9. The Morgan fingerprint density at radius 2 is 2.04 bits per heavy atom. The summed E-state index contributed by atoms with van der Waals surface area (Å²) in [5.74, 6) is 0.288. The molecule has 26 heavy (non-hydrogen) atoms. The molecule has 2 aliphatic heterocycles. The predicted octanol–water partition coefficient (Wildman–Crippen LogP) is 2.67. The normalized spacial score (nSPS) is 23.2. The number of benzene rings is 1. The Labute approximate surface area is 157 Å². The lowest BCUT2D eigenvalue weighted by molar-refractivity contribution is -0.145. The van der Waals surface area contributed by atoms with Crippen molar-refractivity contribution >= 4 is 22.4 Å². The van der Waals surface area contributed by atoms with Gasteiger partial charge in [-0.25, -0.2) is 0 Å². The molecule has 2 saturated heterocycles. The number of ether oxygens (including phenoxy) is 1. The molecular weight excluding hydrogens is 348 g/mol. The third-order valence-electron chi connectivity index (χ3n) is 5.45. The molecule has 2 aliphatic rings. The van der Waals surface area contributed by atoms with E-state index in [1.807, 2.05) is 35.2 Å². The summed E-state index contributed by atoms with van der Waals surface area (Å²) >= 11 is 1.61. The van der Waals surface area contributed by atoms with Crippen molar-refractivity contribution in [1.29, 1.82) is 0 Å². The van der Waals surface area contributed by atoms with Crippen LogP contribution in [0.1, 0.15) is 19.3 Å². The molecule has 0 bridgehead atoms. The van der Waals surface area contributed by atoms with Gasteiger partial charge in [-0.2, -0.15) is 0 Å². The van der Waals surface area contributed by atoms with Crippen molar-refractivity contribution < 1.29 is 9.53 Å². The molecule has 1 aromatic heterocycles. The Kier molecular flexibility index (Phi) is 4.91. The molecule has 1 atom stereocenters. The Balaban J connectivity index is 1.48. The number of likely N-dealkylation sites (tertiary alicyclic amines) is 1. The van der Waals surface area contributed by atoms with Crippen LogP contribution in [-0.4, -0.2) is 60.9 Å². The third-order valence-corrected chi connectivity index (χ3v) is 6.48. The molecule has 138 valence electrons. The lowest BCUT2D eigenvalue weighted by atomic mass is 9.78. The van der Waals surface area contributed by atoms with E-state index < -0.39 is 0 Å². The highest BCUT2D eigenvalue weighted by Gasteiger charge is 2.48. The molecule has 4 rings (SSSR count). The number of carbonyl (C=O) groups excluding carboxylic acids is 1.